The smallest absolute Gasteiger partial charge is 0.257 e. The van der Waals surface area contributed by atoms with Gasteiger partial charge in [0.25, 0.3) is 5.91 Å². The van der Waals surface area contributed by atoms with Crippen LogP contribution in [0.5, 0.6) is 5.75 Å². The average Bonchev–Trinajstić information content (AvgIpc) is 3.65. The van der Waals surface area contributed by atoms with Crippen LogP contribution < -0.4 is 4.74 Å². The zero-order chi connectivity index (χ0) is 22.3. The summed E-state index contributed by atoms with van der Waals surface area (Å²) in [4.78, 5) is 30.9. The highest BCUT2D eigenvalue weighted by Gasteiger charge is 2.40. The van der Waals surface area contributed by atoms with Crippen LogP contribution in [-0.2, 0) is 4.79 Å². The third-order valence-electron chi connectivity index (χ3n) is 7.28. The number of ether oxygens (including phenoxy) is 1. The van der Waals surface area contributed by atoms with Gasteiger partial charge in [-0.3, -0.25) is 9.59 Å². The summed E-state index contributed by atoms with van der Waals surface area (Å²) < 4.78 is 6.61. The minimum Gasteiger partial charge on any atom is -0.487 e. The van der Waals surface area contributed by atoms with Gasteiger partial charge in [0.2, 0.25) is 5.91 Å². The maximum atomic E-state index is 13.5. The molecule has 5 nitrogen and oxygen atoms in total. The summed E-state index contributed by atoms with van der Waals surface area (Å²) in [5.74, 6) is 1.34. The van der Waals surface area contributed by atoms with E-state index < -0.39 is 0 Å². The van der Waals surface area contributed by atoms with Crippen LogP contribution in [0.2, 0.25) is 0 Å². The number of carbonyl (C=O) groups is 2. The summed E-state index contributed by atoms with van der Waals surface area (Å²) in [6.45, 7) is 4.56. The molecule has 176 valence electrons. The number of benzene rings is 1. The van der Waals surface area contributed by atoms with Crippen molar-refractivity contribution < 1.29 is 14.3 Å². The molecule has 0 spiro atoms. The first-order chi connectivity index (χ1) is 15.7. The minimum absolute atomic E-state index is 0.0369. The van der Waals surface area contributed by atoms with Crippen molar-refractivity contribution in [2.24, 2.45) is 5.92 Å². The SMILES string of the molecule is CCCN1CCCCCCCN(C(=O)C2CC2)[C@@H]2CCCC[C@@H]2Oc2ccccc2C1=O. The quantitative estimate of drug-likeness (QED) is 0.630. The van der Waals surface area contributed by atoms with E-state index in [0.717, 1.165) is 90.3 Å². The molecule has 1 aromatic rings. The van der Waals surface area contributed by atoms with Gasteiger partial charge in [-0.25, -0.2) is 0 Å². The third kappa shape index (κ3) is 5.65. The van der Waals surface area contributed by atoms with Crippen molar-refractivity contribution in [2.45, 2.75) is 96.1 Å². The Morgan fingerprint density at radius 3 is 2.44 bits per heavy atom. The predicted molar refractivity (Wildman–Crippen MR) is 127 cm³/mol. The number of hydrogen-bond donors (Lipinski definition) is 0. The third-order valence-corrected chi connectivity index (χ3v) is 7.28. The van der Waals surface area contributed by atoms with Crippen LogP contribution in [0, 0.1) is 5.92 Å². The van der Waals surface area contributed by atoms with Crippen LogP contribution in [0.4, 0.5) is 0 Å². The summed E-state index contributed by atoms with van der Waals surface area (Å²) >= 11 is 0. The lowest BCUT2D eigenvalue weighted by Crippen LogP contribution is -2.51. The molecule has 0 unspecified atom stereocenters. The Balaban J connectivity index is 1.63. The van der Waals surface area contributed by atoms with Crippen LogP contribution in [-0.4, -0.2) is 53.4 Å². The highest BCUT2D eigenvalue weighted by atomic mass is 16.5. The fraction of sp³-hybridized carbons (Fsp3) is 0.704. The predicted octanol–water partition coefficient (Wildman–Crippen LogP) is 5.43. The second-order valence-corrected chi connectivity index (χ2v) is 9.87. The largest absolute Gasteiger partial charge is 0.487 e. The maximum Gasteiger partial charge on any atom is 0.257 e. The van der Waals surface area contributed by atoms with E-state index in [9.17, 15) is 9.59 Å². The fourth-order valence-electron chi connectivity index (χ4n) is 5.35. The molecule has 1 aliphatic heterocycles. The second kappa shape index (κ2) is 11.2. The molecular weight excluding hydrogens is 400 g/mol. The monoisotopic (exact) mass is 440 g/mol. The molecule has 3 aliphatic rings. The lowest BCUT2D eigenvalue weighted by Gasteiger charge is -2.40. The summed E-state index contributed by atoms with van der Waals surface area (Å²) in [7, 11) is 0. The summed E-state index contributed by atoms with van der Waals surface area (Å²) in [5.41, 5.74) is 0.667. The molecule has 2 aliphatic carbocycles. The molecule has 0 radical (unpaired) electrons. The first-order valence-corrected chi connectivity index (χ1v) is 13.0. The van der Waals surface area contributed by atoms with Gasteiger partial charge in [0.15, 0.2) is 0 Å². The van der Waals surface area contributed by atoms with E-state index in [1.807, 2.05) is 29.2 Å². The van der Waals surface area contributed by atoms with Crippen molar-refractivity contribution in [3.8, 4) is 5.75 Å². The molecule has 2 amide bonds. The number of para-hydroxylation sites is 1. The average molecular weight is 441 g/mol. The van der Waals surface area contributed by atoms with Crippen LogP contribution >= 0.6 is 0 Å². The van der Waals surface area contributed by atoms with Gasteiger partial charge in [-0.1, -0.05) is 44.7 Å². The van der Waals surface area contributed by atoms with Gasteiger partial charge >= 0.3 is 0 Å². The molecule has 2 atom stereocenters. The number of nitrogens with zero attached hydrogens (tertiary/aromatic N) is 2. The van der Waals surface area contributed by atoms with E-state index in [-0.39, 0.29) is 24.0 Å². The van der Waals surface area contributed by atoms with Crippen LogP contribution in [0.1, 0.15) is 94.3 Å². The zero-order valence-corrected chi connectivity index (χ0v) is 19.8. The molecule has 2 fully saturated rings. The highest BCUT2D eigenvalue weighted by Crippen LogP contribution is 2.36. The molecular formula is C27H40N2O3. The Kier molecular flexibility index (Phi) is 8.10. The van der Waals surface area contributed by atoms with Gasteiger partial charge in [-0.05, 0) is 63.5 Å². The van der Waals surface area contributed by atoms with E-state index >= 15 is 0 Å². The molecule has 0 aromatic heterocycles. The van der Waals surface area contributed by atoms with Gasteiger partial charge in [0.1, 0.15) is 11.9 Å². The van der Waals surface area contributed by atoms with Crippen molar-refractivity contribution in [1.29, 1.82) is 0 Å². The molecule has 0 saturated heterocycles. The Morgan fingerprint density at radius 2 is 1.66 bits per heavy atom. The Labute approximate surface area is 193 Å². The van der Waals surface area contributed by atoms with Crippen LogP contribution in [0.25, 0.3) is 0 Å². The number of amides is 2. The normalized spacial score (nSPS) is 25.7. The topological polar surface area (TPSA) is 49.9 Å². The lowest BCUT2D eigenvalue weighted by molar-refractivity contribution is -0.138. The zero-order valence-electron chi connectivity index (χ0n) is 19.8. The summed E-state index contributed by atoms with van der Waals surface area (Å²) in [6, 6.07) is 7.85. The van der Waals surface area contributed by atoms with Crippen molar-refractivity contribution in [1.82, 2.24) is 9.80 Å². The Morgan fingerprint density at radius 1 is 0.938 bits per heavy atom. The van der Waals surface area contributed by atoms with E-state index in [1.54, 1.807) is 0 Å². The molecule has 2 saturated carbocycles. The van der Waals surface area contributed by atoms with E-state index in [4.69, 9.17) is 4.74 Å². The standard InChI is InChI=1S/C27H40N2O3/c1-2-18-28-19-10-4-3-5-11-20-29(26(30)21-16-17-21)23-13-7-9-15-25(23)32-24-14-8-6-12-22(24)27(28)31/h6,8,12,14,21,23,25H,2-5,7,9-11,13,15-20H2,1H3/t23-,25+/m1/s1. The lowest BCUT2D eigenvalue weighted by atomic mass is 9.90. The number of hydrogen-bond acceptors (Lipinski definition) is 3. The Bertz CT molecular complexity index is 776. The summed E-state index contributed by atoms with van der Waals surface area (Å²) in [5, 5.41) is 0. The van der Waals surface area contributed by atoms with E-state index in [1.165, 1.54) is 6.42 Å². The molecule has 1 heterocycles. The maximum absolute atomic E-state index is 13.5. The van der Waals surface area contributed by atoms with Crippen molar-refractivity contribution in [3.05, 3.63) is 29.8 Å². The molecule has 32 heavy (non-hydrogen) atoms. The molecule has 0 N–H and O–H groups in total. The van der Waals surface area contributed by atoms with E-state index in [0.29, 0.717) is 17.2 Å². The van der Waals surface area contributed by atoms with E-state index in [2.05, 4.69) is 11.8 Å². The molecule has 5 heteroatoms. The van der Waals surface area contributed by atoms with Gasteiger partial charge in [-0.15, -0.1) is 0 Å². The van der Waals surface area contributed by atoms with Crippen molar-refractivity contribution in [3.63, 3.8) is 0 Å². The number of fused-ring (bicyclic) bond motifs is 2. The molecule has 0 bridgehead atoms. The van der Waals surface area contributed by atoms with Crippen LogP contribution in [0.3, 0.4) is 0 Å². The number of carbonyl (C=O) groups excluding carboxylic acids is 2. The van der Waals surface area contributed by atoms with Gasteiger partial charge < -0.3 is 14.5 Å². The summed E-state index contributed by atoms with van der Waals surface area (Å²) in [6.07, 6.45) is 12.7. The first kappa shape index (κ1) is 23.1. The minimum atomic E-state index is -0.0369. The van der Waals surface area contributed by atoms with Crippen molar-refractivity contribution >= 4 is 11.8 Å². The Hall–Kier alpha value is -2.04. The molecule has 4 rings (SSSR count). The molecule has 1 aromatic carbocycles. The highest BCUT2D eigenvalue weighted by molar-refractivity contribution is 5.97. The van der Waals surface area contributed by atoms with Gasteiger partial charge in [-0.2, -0.15) is 0 Å². The van der Waals surface area contributed by atoms with Crippen molar-refractivity contribution in [2.75, 3.05) is 19.6 Å². The van der Waals surface area contributed by atoms with Gasteiger partial charge in [0, 0.05) is 25.6 Å². The second-order valence-electron chi connectivity index (χ2n) is 9.87. The van der Waals surface area contributed by atoms with Crippen LogP contribution in [0.15, 0.2) is 24.3 Å². The fourth-order valence-corrected chi connectivity index (χ4v) is 5.35. The first-order valence-electron chi connectivity index (χ1n) is 13.0. The van der Waals surface area contributed by atoms with Gasteiger partial charge in [0.05, 0.1) is 11.6 Å². The number of rotatable bonds is 3.